The number of amides is 2. The lowest BCUT2D eigenvalue weighted by molar-refractivity contribution is -0.122. The lowest BCUT2D eigenvalue weighted by Gasteiger charge is -2.31. The Balaban J connectivity index is 0.00000354. The molecule has 0 spiro atoms. The van der Waals surface area contributed by atoms with Crippen LogP contribution in [0, 0.1) is 0 Å². The van der Waals surface area contributed by atoms with Gasteiger partial charge in [0.1, 0.15) is 34.9 Å². The van der Waals surface area contributed by atoms with Crippen LogP contribution in [-0.2, 0) is 28.5 Å². The van der Waals surface area contributed by atoms with Crippen LogP contribution in [0.25, 0.3) is 22.3 Å². The highest BCUT2D eigenvalue weighted by atomic mass is 16.6. The number of hydrogen-bond donors (Lipinski definition) is 3. The summed E-state index contributed by atoms with van der Waals surface area (Å²) < 4.78 is 35.1. The second-order valence-corrected chi connectivity index (χ2v) is 13.9. The third kappa shape index (κ3) is 15.5. The molecule has 57 heavy (non-hydrogen) atoms. The summed E-state index contributed by atoms with van der Waals surface area (Å²) in [5.74, 6) is 1.83. The van der Waals surface area contributed by atoms with Crippen LogP contribution in [0.2, 0.25) is 0 Å². The summed E-state index contributed by atoms with van der Waals surface area (Å²) in [6, 6.07) is 17.5. The second-order valence-electron chi connectivity index (χ2n) is 13.9. The third-order valence-corrected chi connectivity index (χ3v) is 8.49. The summed E-state index contributed by atoms with van der Waals surface area (Å²) in [6.07, 6.45) is 2.64. The van der Waals surface area contributed by atoms with Crippen LogP contribution in [-0.4, -0.2) is 128 Å². The first kappa shape index (κ1) is 44.8. The molecular formula is C41H60N8O8. The fourth-order valence-electron chi connectivity index (χ4n) is 5.90. The van der Waals surface area contributed by atoms with Gasteiger partial charge in [-0.25, -0.2) is 19.4 Å². The molecule has 16 nitrogen and oxygen atoms in total. The Bertz CT molecular complexity index is 1760. The number of fused-ring (bicyclic) bond motifs is 1. The Labute approximate surface area is 335 Å². The number of alkyl carbamates (subject to hydrolysis) is 1. The average Bonchev–Trinajstić information content (AvgIpc) is 3.60. The van der Waals surface area contributed by atoms with Crippen LogP contribution in [0.5, 0.6) is 11.5 Å². The zero-order valence-electron chi connectivity index (χ0n) is 34.0. The van der Waals surface area contributed by atoms with Gasteiger partial charge in [0.15, 0.2) is 5.65 Å². The molecule has 0 radical (unpaired) electrons. The van der Waals surface area contributed by atoms with E-state index in [1.54, 1.807) is 0 Å². The van der Waals surface area contributed by atoms with Crippen LogP contribution in [0.4, 0.5) is 10.6 Å². The average molecular weight is 793 g/mol. The minimum absolute atomic E-state index is 0.0363. The standard InChI is InChI=1S/C39H54N8O8.C2H6/c1-39(2,3)55-38(49)42-16-20-51-22-24-53-26-25-52-23-21-50-19-15-41-33(48)27-46-17-13-30(14-18-46)47-37-34(36(40)43-28-44-37)35(45-47)29-9-11-32(12-10-29)54-31-7-5-4-6-8-31;1-2/h4-12,28,30H,13-27H2,1-3H3,(H,41,48)(H,42,49)(H2,40,43,44);1-2H3. The molecule has 2 amide bonds. The maximum Gasteiger partial charge on any atom is 0.407 e. The predicted octanol–water partition coefficient (Wildman–Crippen LogP) is 5.24. The number of piperidine rings is 1. The largest absolute Gasteiger partial charge is 0.457 e. The summed E-state index contributed by atoms with van der Waals surface area (Å²) >= 11 is 0. The van der Waals surface area contributed by atoms with Gasteiger partial charge in [0.05, 0.1) is 70.8 Å². The van der Waals surface area contributed by atoms with Gasteiger partial charge in [0.2, 0.25) is 5.91 Å². The number of nitrogens with two attached hydrogens (primary N) is 1. The van der Waals surface area contributed by atoms with Crippen molar-refractivity contribution < 1.29 is 38.0 Å². The topological polar surface area (TPSA) is 186 Å². The molecule has 0 atom stereocenters. The first-order chi connectivity index (χ1) is 27.7. The Morgan fingerprint density at radius 1 is 0.772 bits per heavy atom. The lowest BCUT2D eigenvalue weighted by Crippen LogP contribution is -2.42. The van der Waals surface area contributed by atoms with Crippen molar-refractivity contribution in [2.75, 3.05) is 91.3 Å². The summed E-state index contributed by atoms with van der Waals surface area (Å²) in [5, 5.41) is 11.3. The Hall–Kier alpha value is -4.87. The van der Waals surface area contributed by atoms with Gasteiger partial charge in [-0.2, -0.15) is 5.10 Å². The summed E-state index contributed by atoms with van der Waals surface area (Å²) in [5.41, 5.74) is 8.16. The minimum Gasteiger partial charge on any atom is -0.457 e. The number of nitrogens with one attached hydrogen (secondary N) is 2. The van der Waals surface area contributed by atoms with Gasteiger partial charge < -0.3 is 44.8 Å². The monoisotopic (exact) mass is 792 g/mol. The zero-order chi connectivity index (χ0) is 40.9. The lowest BCUT2D eigenvalue weighted by atomic mass is 10.1. The van der Waals surface area contributed by atoms with Crippen LogP contribution >= 0.6 is 0 Å². The number of ether oxygens (including phenoxy) is 6. The van der Waals surface area contributed by atoms with E-state index >= 15 is 0 Å². The van der Waals surface area contributed by atoms with Crippen molar-refractivity contribution in [3.8, 4) is 22.8 Å². The maximum absolute atomic E-state index is 12.6. The van der Waals surface area contributed by atoms with Gasteiger partial charge in [-0.05, 0) is 70.0 Å². The van der Waals surface area contributed by atoms with Crippen molar-refractivity contribution in [1.29, 1.82) is 0 Å². The molecule has 2 aromatic heterocycles. The highest BCUT2D eigenvalue weighted by Crippen LogP contribution is 2.35. The molecule has 5 rings (SSSR count). The molecule has 3 heterocycles. The first-order valence-electron chi connectivity index (χ1n) is 19.7. The number of aromatic nitrogens is 4. The van der Waals surface area contributed by atoms with Gasteiger partial charge in [0.25, 0.3) is 0 Å². The highest BCUT2D eigenvalue weighted by Gasteiger charge is 2.27. The fourth-order valence-corrected chi connectivity index (χ4v) is 5.90. The van der Waals surface area contributed by atoms with E-state index in [4.69, 9.17) is 39.3 Å². The van der Waals surface area contributed by atoms with E-state index in [9.17, 15) is 9.59 Å². The van der Waals surface area contributed by atoms with E-state index < -0.39 is 11.7 Å². The molecule has 1 aliphatic heterocycles. The molecule has 0 bridgehead atoms. The predicted molar refractivity (Wildman–Crippen MR) is 218 cm³/mol. The van der Waals surface area contributed by atoms with Gasteiger partial charge in [-0.15, -0.1) is 0 Å². The highest BCUT2D eigenvalue weighted by molar-refractivity contribution is 5.98. The molecule has 312 valence electrons. The van der Waals surface area contributed by atoms with E-state index in [-0.39, 0.29) is 11.9 Å². The van der Waals surface area contributed by atoms with Gasteiger partial charge in [-0.3, -0.25) is 9.69 Å². The van der Waals surface area contributed by atoms with E-state index in [2.05, 4.69) is 25.5 Å². The molecule has 0 saturated carbocycles. The molecule has 4 N–H and O–H groups in total. The minimum atomic E-state index is -0.526. The van der Waals surface area contributed by atoms with Crippen molar-refractivity contribution in [2.45, 2.75) is 59.1 Å². The molecule has 1 aliphatic rings. The van der Waals surface area contributed by atoms with Crippen molar-refractivity contribution in [1.82, 2.24) is 35.3 Å². The third-order valence-electron chi connectivity index (χ3n) is 8.49. The van der Waals surface area contributed by atoms with E-state index in [0.717, 1.165) is 54.1 Å². The van der Waals surface area contributed by atoms with Crippen LogP contribution in [0.1, 0.15) is 53.5 Å². The number of hydrogen-bond acceptors (Lipinski definition) is 13. The van der Waals surface area contributed by atoms with Crippen molar-refractivity contribution in [3.05, 3.63) is 60.9 Å². The molecule has 4 aromatic rings. The van der Waals surface area contributed by atoms with Crippen LogP contribution < -0.4 is 21.1 Å². The molecule has 0 unspecified atom stereocenters. The SMILES string of the molecule is CC.CC(C)(C)OC(=O)NCCOCCOCCOCCOCCNC(=O)CN1CCC(n2nc(-c3ccc(Oc4ccccc4)cc3)c3c(N)ncnc32)CC1. The molecule has 1 saturated heterocycles. The van der Waals surface area contributed by atoms with E-state index in [1.807, 2.05) is 93.9 Å². The van der Waals surface area contributed by atoms with Crippen molar-refractivity contribution >= 4 is 28.9 Å². The first-order valence-corrected chi connectivity index (χ1v) is 19.7. The molecule has 2 aromatic carbocycles. The van der Waals surface area contributed by atoms with Gasteiger partial charge in [-0.1, -0.05) is 32.0 Å². The number of carbonyl (C=O) groups is 2. The van der Waals surface area contributed by atoms with Crippen molar-refractivity contribution in [3.63, 3.8) is 0 Å². The van der Waals surface area contributed by atoms with Crippen molar-refractivity contribution in [2.24, 2.45) is 0 Å². The van der Waals surface area contributed by atoms with Gasteiger partial charge in [0, 0.05) is 31.7 Å². The number of rotatable bonds is 21. The number of para-hydroxylation sites is 1. The second kappa shape index (κ2) is 24.0. The molecular weight excluding hydrogens is 732 g/mol. The number of nitrogen functional groups attached to an aromatic ring is 1. The Morgan fingerprint density at radius 2 is 1.33 bits per heavy atom. The quantitative estimate of drug-likeness (QED) is 0.0932. The normalized spacial score (nSPS) is 13.5. The van der Waals surface area contributed by atoms with E-state index in [0.29, 0.717) is 84.0 Å². The van der Waals surface area contributed by atoms with Crippen LogP contribution in [0.15, 0.2) is 60.9 Å². The van der Waals surface area contributed by atoms with Crippen LogP contribution in [0.3, 0.4) is 0 Å². The number of nitrogens with zero attached hydrogens (tertiary/aromatic N) is 5. The number of carbonyl (C=O) groups excluding carboxylic acids is 2. The summed E-state index contributed by atoms with van der Waals surface area (Å²) in [6.45, 7) is 15.4. The summed E-state index contributed by atoms with van der Waals surface area (Å²) in [7, 11) is 0. The number of benzene rings is 2. The number of anilines is 1. The molecule has 1 fully saturated rings. The zero-order valence-corrected chi connectivity index (χ0v) is 34.0. The number of likely N-dealkylation sites (tertiary alicyclic amines) is 1. The summed E-state index contributed by atoms with van der Waals surface area (Å²) in [4.78, 5) is 35.2. The van der Waals surface area contributed by atoms with E-state index in [1.165, 1.54) is 6.33 Å². The molecule has 16 heteroatoms. The Morgan fingerprint density at radius 3 is 1.93 bits per heavy atom. The van der Waals surface area contributed by atoms with Gasteiger partial charge >= 0.3 is 6.09 Å². The smallest absolute Gasteiger partial charge is 0.407 e. The maximum atomic E-state index is 12.6. The fraction of sp³-hybridized carbons (Fsp3) is 0.537. The Kier molecular flexibility index (Phi) is 18.9. The molecule has 0 aliphatic carbocycles.